The summed E-state index contributed by atoms with van der Waals surface area (Å²) in [6.07, 6.45) is 1.57. The Morgan fingerprint density at radius 2 is 1.57 bits per heavy atom. The Labute approximate surface area is 42.6 Å². The third kappa shape index (κ3) is 1.24. The highest BCUT2D eigenvalue weighted by Crippen LogP contribution is 2.40. The van der Waals surface area contributed by atoms with Crippen LogP contribution in [0.15, 0.2) is 0 Å². The Hall–Kier alpha value is 0.0969. The molecule has 1 rings (SSSR count). The van der Waals surface area contributed by atoms with Gasteiger partial charge in [-0.3, -0.25) is 0 Å². The van der Waals surface area contributed by atoms with Gasteiger partial charge in [-0.1, -0.05) is 0 Å². The van der Waals surface area contributed by atoms with Gasteiger partial charge in [-0.2, -0.15) is 0 Å². The summed E-state index contributed by atoms with van der Waals surface area (Å²) < 4.78 is 0. The van der Waals surface area contributed by atoms with Crippen LogP contribution in [0.4, 0.5) is 0 Å². The van der Waals surface area contributed by atoms with E-state index in [1.165, 1.54) is 0 Å². The Kier molecular flexibility index (Phi) is 0.962. The van der Waals surface area contributed by atoms with E-state index in [-0.39, 0.29) is 5.54 Å². The lowest BCUT2D eigenvalue weighted by Crippen LogP contribution is -2.34. The van der Waals surface area contributed by atoms with Crippen molar-refractivity contribution >= 4 is 8.80 Å². The lowest BCUT2D eigenvalue weighted by atomic mass is 11.0. The molecule has 0 bridgehead atoms. The quantitative estimate of drug-likeness (QED) is 0.392. The van der Waals surface area contributed by atoms with E-state index in [1.54, 1.807) is 0 Å². The fraction of sp³-hybridized carbons (Fsp3) is 1.00. The van der Waals surface area contributed by atoms with Crippen molar-refractivity contribution in [1.29, 1.82) is 0 Å². The molecule has 0 amide bonds. The summed E-state index contributed by atoms with van der Waals surface area (Å²) >= 11 is 0. The summed E-state index contributed by atoms with van der Waals surface area (Å²) in [5, 5.41) is 0. The molecule has 0 saturated heterocycles. The molecule has 0 spiro atoms. The van der Waals surface area contributed by atoms with Gasteiger partial charge in [0.2, 0.25) is 0 Å². The van der Waals surface area contributed by atoms with E-state index in [9.17, 15) is 0 Å². The summed E-state index contributed by atoms with van der Waals surface area (Å²) in [4.78, 5) is 25.2. The van der Waals surface area contributed by atoms with Gasteiger partial charge in [-0.15, -0.1) is 0 Å². The molecule has 0 aromatic carbocycles. The average Bonchev–Trinajstić information content (AvgIpc) is 1.99. The van der Waals surface area contributed by atoms with Crippen molar-refractivity contribution in [2.24, 2.45) is 0 Å². The fourth-order valence-corrected chi connectivity index (χ4v) is 1.41. The molecule has 0 aromatic heterocycles. The molecule has 0 heterocycles. The summed E-state index contributed by atoms with van der Waals surface area (Å²) in [7, 11) is -3.62. The van der Waals surface area contributed by atoms with E-state index in [0.29, 0.717) is 0 Å². The van der Waals surface area contributed by atoms with Gasteiger partial charge >= 0.3 is 8.80 Å². The summed E-state index contributed by atoms with van der Waals surface area (Å²) in [6.45, 7) is 0. The Morgan fingerprint density at radius 1 is 1.14 bits per heavy atom. The normalized spacial score (nSPS) is 22.7. The maximum atomic E-state index is 8.41. The average molecular weight is 120 g/mol. The van der Waals surface area contributed by atoms with Crippen LogP contribution in [0, 0.1) is 0 Å². The number of hydrogen-bond donors (Lipinski definition) is 3. The van der Waals surface area contributed by atoms with E-state index in [2.05, 4.69) is 0 Å². The minimum atomic E-state index is -3.62. The summed E-state index contributed by atoms with van der Waals surface area (Å²) in [5.41, 5.74) is -0.146. The second kappa shape index (κ2) is 1.29. The molecule has 3 N–H and O–H groups in total. The van der Waals surface area contributed by atoms with Crippen LogP contribution in [-0.4, -0.2) is 23.2 Å². The lowest BCUT2D eigenvalue weighted by molar-refractivity contribution is 0.225. The molecule has 1 fully saturated rings. The van der Waals surface area contributed by atoms with Crippen LogP contribution in [0.1, 0.15) is 12.8 Å². The third-order valence-corrected chi connectivity index (χ3v) is 2.80. The molecule has 3 nitrogen and oxygen atoms in total. The molecule has 4 heteroatoms. The molecular formula is C3H8O3Si. The van der Waals surface area contributed by atoms with Gasteiger partial charge in [0.25, 0.3) is 0 Å². The van der Waals surface area contributed by atoms with Crippen molar-refractivity contribution in [1.82, 2.24) is 0 Å². The maximum absolute atomic E-state index is 8.41. The van der Waals surface area contributed by atoms with Crippen molar-refractivity contribution in [3.05, 3.63) is 0 Å². The maximum Gasteiger partial charge on any atom is 0.496 e. The largest absolute Gasteiger partial charge is 0.496 e. The van der Waals surface area contributed by atoms with Crippen molar-refractivity contribution in [3.63, 3.8) is 0 Å². The van der Waals surface area contributed by atoms with Crippen molar-refractivity contribution in [2.75, 3.05) is 0 Å². The Bertz CT molecular complexity index is 72.7. The molecule has 1 saturated carbocycles. The molecule has 0 atom stereocenters. The predicted molar refractivity (Wildman–Crippen MR) is 25.4 cm³/mol. The first kappa shape index (κ1) is 5.24. The van der Waals surface area contributed by atoms with Crippen LogP contribution < -0.4 is 0 Å². The fourth-order valence-electron chi connectivity index (χ4n) is 0.471. The van der Waals surface area contributed by atoms with Gasteiger partial charge in [0.1, 0.15) is 0 Å². The molecule has 0 unspecified atom stereocenters. The predicted octanol–water partition coefficient (Wildman–Crippen LogP) is -0.934. The van der Waals surface area contributed by atoms with Gasteiger partial charge in [0, 0.05) is 5.54 Å². The standard InChI is InChI=1S/C3H8O3Si/c4-7(5,6)3-1-2-3/h3-6H,1-2H2. The van der Waals surface area contributed by atoms with Crippen molar-refractivity contribution in [3.8, 4) is 0 Å². The van der Waals surface area contributed by atoms with Crippen LogP contribution in [-0.2, 0) is 0 Å². The van der Waals surface area contributed by atoms with E-state index < -0.39 is 8.80 Å². The summed E-state index contributed by atoms with van der Waals surface area (Å²) in [6, 6.07) is 0. The monoisotopic (exact) mass is 120 g/mol. The molecule has 1 aliphatic rings. The summed E-state index contributed by atoms with van der Waals surface area (Å²) in [5.74, 6) is 0. The topological polar surface area (TPSA) is 60.7 Å². The van der Waals surface area contributed by atoms with E-state index in [4.69, 9.17) is 14.4 Å². The first-order valence-corrected chi connectivity index (χ1v) is 4.19. The number of hydrogen-bond acceptors (Lipinski definition) is 3. The van der Waals surface area contributed by atoms with E-state index in [0.717, 1.165) is 12.8 Å². The highest BCUT2D eigenvalue weighted by atomic mass is 28.4. The first-order chi connectivity index (χ1) is 3.11. The SMILES string of the molecule is O[Si](O)(O)C1CC1. The number of rotatable bonds is 1. The van der Waals surface area contributed by atoms with Crippen LogP contribution in [0.2, 0.25) is 5.54 Å². The Balaban J connectivity index is 2.36. The van der Waals surface area contributed by atoms with Crippen molar-refractivity contribution in [2.45, 2.75) is 18.4 Å². The molecule has 0 aromatic rings. The molecule has 42 valence electrons. The lowest BCUT2D eigenvalue weighted by Gasteiger charge is -2.04. The van der Waals surface area contributed by atoms with Crippen LogP contribution in [0.3, 0.4) is 0 Å². The van der Waals surface area contributed by atoms with Gasteiger partial charge in [0.05, 0.1) is 0 Å². The zero-order chi connectivity index (χ0) is 5.49. The molecule has 0 aliphatic heterocycles. The van der Waals surface area contributed by atoms with E-state index >= 15 is 0 Å². The second-order valence-electron chi connectivity index (χ2n) is 1.96. The molecular weight excluding hydrogens is 112 g/mol. The highest BCUT2D eigenvalue weighted by Gasteiger charge is 2.46. The minimum Gasteiger partial charge on any atom is -0.390 e. The van der Waals surface area contributed by atoms with Crippen LogP contribution in [0.25, 0.3) is 0 Å². The highest BCUT2D eigenvalue weighted by molar-refractivity contribution is 6.58. The van der Waals surface area contributed by atoms with Gasteiger partial charge in [0.15, 0.2) is 0 Å². The van der Waals surface area contributed by atoms with Crippen molar-refractivity contribution < 1.29 is 14.4 Å². The van der Waals surface area contributed by atoms with Gasteiger partial charge < -0.3 is 14.4 Å². The molecule has 0 radical (unpaired) electrons. The van der Waals surface area contributed by atoms with Gasteiger partial charge in [-0.05, 0) is 12.8 Å². The zero-order valence-electron chi connectivity index (χ0n) is 3.83. The second-order valence-corrected chi connectivity index (χ2v) is 4.15. The minimum absolute atomic E-state index is 0.146. The zero-order valence-corrected chi connectivity index (χ0v) is 4.83. The van der Waals surface area contributed by atoms with E-state index in [1.807, 2.05) is 0 Å². The van der Waals surface area contributed by atoms with Crippen LogP contribution in [0.5, 0.6) is 0 Å². The Morgan fingerprint density at radius 3 is 1.57 bits per heavy atom. The third-order valence-electron chi connectivity index (χ3n) is 1.13. The smallest absolute Gasteiger partial charge is 0.390 e. The molecule has 7 heavy (non-hydrogen) atoms. The molecule has 1 aliphatic carbocycles. The van der Waals surface area contributed by atoms with Gasteiger partial charge in [-0.25, -0.2) is 0 Å². The van der Waals surface area contributed by atoms with Crippen LogP contribution >= 0.6 is 0 Å². The first-order valence-electron chi connectivity index (χ1n) is 2.28.